The van der Waals surface area contributed by atoms with Crippen LogP contribution in [0.2, 0.25) is 18.1 Å². The fraction of sp³-hybridized carbons (Fsp3) is 0.556. The van der Waals surface area contributed by atoms with E-state index in [-0.39, 0.29) is 23.5 Å². The van der Waals surface area contributed by atoms with Gasteiger partial charge in [0.25, 0.3) is 0 Å². The van der Waals surface area contributed by atoms with Crippen LogP contribution in [0.5, 0.6) is 0 Å². The Balaban J connectivity index is 2.46. The molecule has 0 N–H and O–H groups in total. The van der Waals surface area contributed by atoms with Crippen LogP contribution in [0, 0.1) is 5.41 Å². The Labute approximate surface area is 201 Å². The largest absolute Gasteiger partial charge is 0.549 e. The van der Waals surface area contributed by atoms with Crippen molar-refractivity contribution in [2.45, 2.75) is 71.5 Å². The number of hydrogen-bond acceptors (Lipinski definition) is 4. The van der Waals surface area contributed by atoms with Gasteiger partial charge in [-0.05, 0) is 57.0 Å². The van der Waals surface area contributed by atoms with Crippen molar-refractivity contribution >= 4 is 20.2 Å². The van der Waals surface area contributed by atoms with Gasteiger partial charge in [0.15, 0.2) is 0 Å². The number of amides is 1. The lowest BCUT2D eigenvalue weighted by molar-refractivity contribution is -0.151. The van der Waals surface area contributed by atoms with Gasteiger partial charge in [0.05, 0.1) is 18.3 Å². The number of allylic oxidation sites excluding steroid dienone is 2. The van der Waals surface area contributed by atoms with Crippen molar-refractivity contribution in [3.05, 3.63) is 60.4 Å². The average Bonchev–Trinajstić information content (AvgIpc) is 3.45. The van der Waals surface area contributed by atoms with Crippen molar-refractivity contribution in [1.82, 2.24) is 4.90 Å². The fourth-order valence-corrected chi connectivity index (χ4v) is 4.83. The lowest BCUT2D eigenvalue weighted by Crippen LogP contribution is -2.43. The number of benzene rings is 1. The Morgan fingerprint density at radius 3 is 2.18 bits per heavy atom. The standard InChI is InChI=1S/C27H41NO4Si/c1-9-28(10-2)23(29)27(22-17-13-12-14-18-22)21-26(27,24(30)31-11-3)19-15-16-20-32-33(7,8)25(4,5)6/h12-20H,9-11,21H2,1-8H3/b19-15+,20-16+/t26-,27-/m0/s1. The summed E-state index contributed by atoms with van der Waals surface area (Å²) in [6, 6.07) is 9.62. The molecule has 1 aliphatic carbocycles. The van der Waals surface area contributed by atoms with E-state index in [4.69, 9.17) is 9.16 Å². The first-order valence-corrected chi connectivity index (χ1v) is 14.9. The van der Waals surface area contributed by atoms with Crippen molar-refractivity contribution in [3.63, 3.8) is 0 Å². The molecule has 0 saturated heterocycles. The number of likely N-dealkylation sites (N-methyl/N-ethyl adjacent to an activating group) is 1. The molecule has 1 aromatic rings. The number of rotatable bonds is 10. The highest BCUT2D eigenvalue weighted by Gasteiger charge is 2.76. The number of hydrogen-bond donors (Lipinski definition) is 0. The second-order valence-electron chi connectivity index (χ2n) is 10.2. The van der Waals surface area contributed by atoms with Crippen molar-refractivity contribution in [3.8, 4) is 0 Å². The van der Waals surface area contributed by atoms with E-state index in [1.54, 1.807) is 18.1 Å². The molecule has 5 nitrogen and oxygen atoms in total. The molecule has 1 fully saturated rings. The molecule has 2 atom stereocenters. The number of nitrogens with zero attached hydrogens (tertiary/aromatic N) is 1. The van der Waals surface area contributed by atoms with Crippen LogP contribution in [0.25, 0.3) is 0 Å². The van der Waals surface area contributed by atoms with E-state index in [1.165, 1.54) is 0 Å². The molecule has 0 aromatic heterocycles. The maximum atomic E-state index is 13.8. The molecule has 0 aliphatic heterocycles. The minimum absolute atomic E-state index is 0.0297. The van der Waals surface area contributed by atoms with Crippen molar-refractivity contribution < 1.29 is 18.8 Å². The number of ether oxygens (including phenoxy) is 1. The third-order valence-electron chi connectivity index (χ3n) is 7.24. The van der Waals surface area contributed by atoms with Crippen LogP contribution in [0.1, 0.15) is 53.5 Å². The molecular formula is C27H41NO4Si. The van der Waals surface area contributed by atoms with Crippen molar-refractivity contribution in [2.75, 3.05) is 19.7 Å². The maximum Gasteiger partial charge on any atom is 0.317 e. The second kappa shape index (κ2) is 10.3. The molecule has 0 radical (unpaired) electrons. The summed E-state index contributed by atoms with van der Waals surface area (Å²) in [4.78, 5) is 28.9. The van der Waals surface area contributed by atoms with E-state index >= 15 is 0 Å². The van der Waals surface area contributed by atoms with E-state index in [9.17, 15) is 9.59 Å². The minimum atomic E-state index is -1.92. The average molecular weight is 472 g/mol. The third kappa shape index (κ3) is 5.11. The first-order chi connectivity index (χ1) is 15.4. The van der Waals surface area contributed by atoms with Gasteiger partial charge in [0.1, 0.15) is 5.41 Å². The van der Waals surface area contributed by atoms with Crippen LogP contribution in [-0.2, 0) is 24.2 Å². The summed E-state index contributed by atoms with van der Waals surface area (Å²) in [7, 11) is -1.92. The molecule has 0 spiro atoms. The summed E-state index contributed by atoms with van der Waals surface area (Å²) in [5, 5.41) is 0.0996. The Morgan fingerprint density at radius 2 is 1.67 bits per heavy atom. The quantitative estimate of drug-likeness (QED) is 0.186. The SMILES string of the molecule is CCOC(=O)[C@]1(/C=C/C=C/O[Si](C)(C)C(C)(C)C)C[C@@]1(C(=O)N(CC)CC)c1ccccc1. The monoisotopic (exact) mass is 471 g/mol. The summed E-state index contributed by atoms with van der Waals surface area (Å²) >= 11 is 0. The summed E-state index contributed by atoms with van der Waals surface area (Å²) in [6.45, 7) is 18.1. The van der Waals surface area contributed by atoms with Gasteiger partial charge >= 0.3 is 5.97 Å². The zero-order chi connectivity index (χ0) is 24.9. The van der Waals surface area contributed by atoms with Gasteiger partial charge in [-0.3, -0.25) is 9.59 Å². The summed E-state index contributed by atoms with van der Waals surface area (Å²) in [5.41, 5.74) is -1.15. The van der Waals surface area contributed by atoms with E-state index in [1.807, 2.05) is 62.4 Å². The molecule has 1 amide bonds. The van der Waals surface area contributed by atoms with Gasteiger partial charge in [-0.15, -0.1) is 0 Å². The predicted molar refractivity (Wildman–Crippen MR) is 136 cm³/mol. The van der Waals surface area contributed by atoms with Crippen LogP contribution in [0.15, 0.2) is 54.8 Å². The molecule has 0 bridgehead atoms. The highest BCUT2D eigenvalue weighted by Crippen LogP contribution is 2.67. The lowest BCUT2D eigenvalue weighted by atomic mass is 9.84. The third-order valence-corrected chi connectivity index (χ3v) is 11.6. The molecule has 33 heavy (non-hydrogen) atoms. The molecule has 0 unspecified atom stereocenters. The van der Waals surface area contributed by atoms with E-state index in [2.05, 4.69) is 33.9 Å². The molecule has 0 heterocycles. The van der Waals surface area contributed by atoms with Gasteiger partial charge in [-0.2, -0.15) is 0 Å². The fourth-order valence-electron chi connectivity index (χ4n) is 4.05. The summed E-state index contributed by atoms with van der Waals surface area (Å²) in [5.74, 6) is -0.387. The molecule has 6 heteroatoms. The molecule has 1 aromatic carbocycles. The number of esters is 1. The summed E-state index contributed by atoms with van der Waals surface area (Å²) in [6.07, 6.45) is 7.59. The first kappa shape index (κ1) is 26.9. The highest BCUT2D eigenvalue weighted by atomic mass is 28.4. The Morgan fingerprint density at radius 1 is 1.06 bits per heavy atom. The predicted octanol–water partition coefficient (Wildman–Crippen LogP) is 5.84. The smallest absolute Gasteiger partial charge is 0.317 e. The van der Waals surface area contributed by atoms with Gasteiger partial charge in [-0.1, -0.05) is 63.3 Å². The Bertz CT molecular complexity index is 883. The first-order valence-electron chi connectivity index (χ1n) is 12.0. The van der Waals surface area contributed by atoms with Crippen LogP contribution < -0.4 is 0 Å². The zero-order valence-electron chi connectivity index (χ0n) is 21.6. The zero-order valence-corrected chi connectivity index (χ0v) is 22.6. The summed E-state index contributed by atoms with van der Waals surface area (Å²) < 4.78 is 11.6. The van der Waals surface area contributed by atoms with Crippen molar-refractivity contribution in [2.24, 2.45) is 5.41 Å². The van der Waals surface area contributed by atoms with Gasteiger partial charge < -0.3 is 14.1 Å². The molecule has 2 rings (SSSR count). The normalized spacial score (nSPS) is 23.0. The highest BCUT2D eigenvalue weighted by molar-refractivity contribution is 6.74. The van der Waals surface area contributed by atoms with Crippen LogP contribution in [-0.4, -0.2) is 44.8 Å². The Hall–Kier alpha value is -2.34. The van der Waals surface area contributed by atoms with E-state index in [0.29, 0.717) is 19.5 Å². The second-order valence-corrected chi connectivity index (χ2v) is 14.9. The molecule has 1 saturated carbocycles. The van der Waals surface area contributed by atoms with Gasteiger partial charge in [0.2, 0.25) is 14.2 Å². The van der Waals surface area contributed by atoms with Gasteiger partial charge in [0, 0.05) is 13.1 Å². The van der Waals surface area contributed by atoms with Gasteiger partial charge in [-0.25, -0.2) is 0 Å². The molecule has 182 valence electrons. The van der Waals surface area contributed by atoms with Crippen LogP contribution >= 0.6 is 0 Å². The molecule has 1 aliphatic rings. The minimum Gasteiger partial charge on any atom is -0.549 e. The van der Waals surface area contributed by atoms with Crippen molar-refractivity contribution in [1.29, 1.82) is 0 Å². The topological polar surface area (TPSA) is 55.8 Å². The van der Waals surface area contributed by atoms with Crippen LogP contribution in [0.4, 0.5) is 0 Å². The van der Waals surface area contributed by atoms with E-state index < -0.39 is 19.1 Å². The Kier molecular flexibility index (Phi) is 8.39. The number of carbonyl (C=O) groups is 2. The molecular weight excluding hydrogens is 430 g/mol. The maximum absolute atomic E-state index is 13.8. The van der Waals surface area contributed by atoms with Crippen LogP contribution in [0.3, 0.4) is 0 Å². The lowest BCUT2D eigenvalue weighted by Gasteiger charge is -2.34. The number of carbonyl (C=O) groups excluding carboxylic acids is 2. The van der Waals surface area contributed by atoms with E-state index in [0.717, 1.165) is 5.56 Å².